The topological polar surface area (TPSA) is 50.5 Å². The summed E-state index contributed by atoms with van der Waals surface area (Å²) in [5.41, 5.74) is 10.6. The largest absolute Gasteiger partial charge is 0.255 e. The summed E-state index contributed by atoms with van der Waals surface area (Å²) in [6, 6.07) is 20.4. The van der Waals surface area contributed by atoms with Crippen LogP contribution in [0, 0.1) is 27.7 Å². The van der Waals surface area contributed by atoms with Gasteiger partial charge >= 0.3 is 0 Å². The summed E-state index contributed by atoms with van der Waals surface area (Å²) in [7, 11) is 0. The van der Waals surface area contributed by atoms with Crippen LogP contribution >= 0.6 is 67.9 Å². The number of benzene rings is 2. The van der Waals surface area contributed by atoms with Crippen molar-refractivity contribution in [2.75, 3.05) is 0 Å². The van der Waals surface area contributed by atoms with Crippen molar-refractivity contribution in [3.05, 3.63) is 107 Å². The molecule has 10 heteroatoms. The molecule has 0 amide bonds. The van der Waals surface area contributed by atoms with E-state index in [1.165, 1.54) is 11.1 Å². The molecule has 2 radical (unpaired) electrons. The quantitative estimate of drug-likeness (QED) is 0.149. The average Bonchev–Trinajstić information content (AvgIpc) is 2.79. The zero-order valence-electron chi connectivity index (χ0n) is 21.1. The summed E-state index contributed by atoms with van der Waals surface area (Å²) in [6.07, 6.45) is 7.19. The molecule has 0 aliphatic heterocycles. The molecule has 38 heavy (non-hydrogen) atoms. The number of hydrogen-bond donors (Lipinski definition) is 0. The third-order valence-corrected chi connectivity index (χ3v) is 5.34. The molecule has 0 N–H and O–H groups in total. The molecule has 0 unspecified atom stereocenters. The van der Waals surface area contributed by atoms with Crippen molar-refractivity contribution < 1.29 is 34.1 Å². The molecular formula is C28H30Br4Cu2N4. The SMILES string of the molecule is Br.Br.Br.Br.Cc1cc(-c2cc(C)c(N=Cc3ccccn3)c(C)c2)cc(C)c1N=Cc1ccccn1.[Cu].[Cu]. The molecule has 0 spiro atoms. The van der Waals surface area contributed by atoms with Gasteiger partial charge in [0.15, 0.2) is 0 Å². The van der Waals surface area contributed by atoms with E-state index in [9.17, 15) is 0 Å². The van der Waals surface area contributed by atoms with Gasteiger partial charge in [-0.15, -0.1) is 67.9 Å². The van der Waals surface area contributed by atoms with Crippen LogP contribution in [-0.2, 0) is 34.1 Å². The Labute approximate surface area is 288 Å². The van der Waals surface area contributed by atoms with Gasteiger partial charge in [-0.25, -0.2) is 0 Å². The third kappa shape index (κ3) is 10.9. The van der Waals surface area contributed by atoms with Crippen LogP contribution in [0.1, 0.15) is 33.6 Å². The van der Waals surface area contributed by atoms with Gasteiger partial charge in [-0.1, -0.05) is 12.1 Å². The van der Waals surface area contributed by atoms with Gasteiger partial charge in [0.1, 0.15) is 0 Å². The van der Waals surface area contributed by atoms with Gasteiger partial charge in [-0.2, -0.15) is 0 Å². The molecule has 0 aliphatic carbocycles. The van der Waals surface area contributed by atoms with Gasteiger partial charge in [-0.3, -0.25) is 20.0 Å². The summed E-state index contributed by atoms with van der Waals surface area (Å²) < 4.78 is 0. The zero-order chi connectivity index (χ0) is 22.5. The maximum atomic E-state index is 4.70. The van der Waals surface area contributed by atoms with Crippen molar-refractivity contribution >= 4 is 91.7 Å². The molecule has 0 bridgehead atoms. The number of aryl methyl sites for hydroxylation is 4. The van der Waals surface area contributed by atoms with Crippen LogP contribution in [0.5, 0.6) is 0 Å². The summed E-state index contributed by atoms with van der Waals surface area (Å²) in [5.74, 6) is 0. The summed E-state index contributed by atoms with van der Waals surface area (Å²) in [6.45, 7) is 8.42. The first-order valence-electron chi connectivity index (χ1n) is 10.6. The third-order valence-electron chi connectivity index (χ3n) is 5.34. The molecule has 0 saturated heterocycles. The van der Waals surface area contributed by atoms with Crippen molar-refractivity contribution in [1.82, 2.24) is 9.97 Å². The zero-order valence-corrected chi connectivity index (χ0v) is 29.8. The first-order chi connectivity index (χ1) is 15.5. The van der Waals surface area contributed by atoms with Crippen LogP contribution in [-0.4, -0.2) is 22.4 Å². The fraction of sp³-hybridized carbons (Fsp3) is 0.143. The fourth-order valence-electron chi connectivity index (χ4n) is 3.82. The Hall–Kier alpha value is -0.961. The predicted octanol–water partition coefficient (Wildman–Crippen LogP) is 9.19. The van der Waals surface area contributed by atoms with Crippen LogP contribution < -0.4 is 0 Å². The molecule has 0 aliphatic rings. The second kappa shape index (κ2) is 20.0. The summed E-state index contributed by atoms with van der Waals surface area (Å²) >= 11 is 0. The monoisotopic (exact) mass is 864 g/mol. The number of aliphatic imine (C=N–C) groups is 2. The van der Waals surface area contributed by atoms with Crippen LogP contribution in [0.2, 0.25) is 0 Å². The molecule has 4 rings (SSSR count). The molecule has 2 heterocycles. The molecule has 2 aromatic carbocycles. The molecule has 0 saturated carbocycles. The van der Waals surface area contributed by atoms with Crippen molar-refractivity contribution in [3.8, 4) is 11.1 Å². The number of hydrogen-bond acceptors (Lipinski definition) is 4. The van der Waals surface area contributed by atoms with Crippen LogP contribution in [0.4, 0.5) is 11.4 Å². The number of pyridine rings is 2. The Morgan fingerprint density at radius 1 is 0.526 bits per heavy atom. The molecule has 212 valence electrons. The second-order valence-electron chi connectivity index (χ2n) is 7.94. The van der Waals surface area contributed by atoms with Gasteiger partial charge in [0, 0.05) is 46.5 Å². The van der Waals surface area contributed by atoms with E-state index in [1.807, 2.05) is 48.8 Å². The minimum atomic E-state index is 0. The minimum absolute atomic E-state index is 0. The first-order valence-corrected chi connectivity index (χ1v) is 10.6. The number of rotatable bonds is 5. The number of aromatic nitrogens is 2. The Morgan fingerprint density at radius 2 is 0.842 bits per heavy atom. The van der Waals surface area contributed by atoms with Crippen LogP contribution in [0.15, 0.2) is 83.0 Å². The van der Waals surface area contributed by atoms with Crippen molar-refractivity contribution in [3.63, 3.8) is 0 Å². The van der Waals surface area contributed by atoms with Crippen molar-refractivity contribution in [2.45, 2.75) is 27.7 Å². The van der Waals surface area contributed by atoms with E-state index < -0.39 is 0 Å². The van der Waals surface area contributed by atoms with Gasteiger partial charge in [0.2, 0.25) is 0 Å². The van der Waals surface area contributed by atoms with E-state index in [-0.39, 0.29) is 102 Å². The number of nitrogens with zero attached hydrogens (tertiary/aromatic N) is 4. The van der Waals surface area contributed by atoms with Crippen molar-refractivity contribution in [2.24, 2.45) is 9.98 Å². The molecule has 0 fully saturated rings. The Morgan fingerprint density at radius 3 is 1.11 bits per heavy atom. The Bertz CT molecular complexity index is 1170. The van der Waals surface area contributed by atoms with Gasteiger partial charge in [0.05, 0.1) is 35.2 Å². The van der Waals surface area contributed by atoms with Gasteiger partial charge in [0.25, 0.3) is 0 Å². The molecule has 2 aromatic heterocycles. The van der Waals surface area contributed by atoms with E-state index in [0.717, 1.165) is 45.0 Å². The van der Waals surface area contributed by atoms with Gasteiger partial charge < -0.3 is 0 Å². The minimum Gasteiger partial charge on any atom is -0.255 e. The van der Waals surface area contributed by atoms with Crippen molar-refractivity contribution in [1.29, 1.82) is 0 Å². The van der Waals surface area contributed by atoms with E-state index in [2.05, 4.69) is 61.9 Å². The molecular weight excluding hydrogens is 839 g/mol. The normalized spacial score (nSPS) is 9.68. The van der Waals surface area contributed by atoms with Crippen LogP contribution in [0.3, 0.4) is 0 Å². The van der Waals surface area contributed by atoms with E-state index >= 15 is 0 Å². The van der Waals surface area contributed by atoms with Gasteiger partial charge in [-0.05, 0) is 110 Å². The number of halogens is 4. The molecule has 4 nitrogen and oxygen atoms in total. The molecule has 0 atom stereocenters. The fourth-order valence-corrected chi connectivity index (χ4v) is 3.82. The maximum absolute atomic E-state index is 4.70. The predicted molar refractivity (Wildman–Crippen MR) is 175 cm³/mol. The average molecular weight is 869 g/mol. The maximum Gasteiger partial charge on any atom is 0.0812 e. The standard InChI is InChI=1S/C28H26N4.4BrH.2Cu/c1-19-13-23(14-20(2)27(19)31-17-25-9-5-7-11-29-25)24-15-21(3)28(22(4)16-24)32-18-26-10-6-8-12-30-26;;;;;;/h5-18H,1-4H3;4*1H;;. The Balaban J connectivity index is -0.00000204. The smallest absolute Gasteiger partial charge is 0.0812 e. The van der Waals surface area contributed by atoms with E-state index in [0.29, 0.717) is 0 Å². The van der Waals surface area contributed by atoms with Crippen LogP contribution in [0.25, 0.3) is 11.1 Å². The summed E-state index contributed by atoms with van der Waals surface area (Å²) in [5, 5.41) is 0. The summed E-state index contributed by atoms with van der Waals surface area (Å²) in [4.78, 5) is 18.0. The molecule has 4 aromatic rings. The first kappa shape index (κ1) is 41.5. The van der Waals surface area contributed by atoms with E-state index in [4.69, 9.17) is 9.98 Å². The van der Waals surface area contributed by atoms with E-state index in [1.54, 1.807) is 12.4 Å². The Kier molecular flexibility index (Phi) is 21.8. The second-order valence-corrected chi connectivity index (χ2v) is 7.94.